The molecule has 4 rings (SSSR count). The van der Waals surface area contributed by atoms with E-state index in [4.69, 9.17) is 5.26 Å². The lowest BCUT2D eigenvalue weighted by Crippen LogP contribution is -2.00. The maximum absolute atomic E-state index is 9.14. The van der Waals surface area contributed by atoms with Crippen LogP contribution in [0.1, 0.15) is 5.69 Å². The fraction of sp³-hybridized carbons (Fsp3) is 0.0526. The molecule has 0 radical (unpaired) electrons. The van der Waals surface area contributed by atoms with E-state index in [1.807, 2.05) is 61.6 Å². The lowest BCUT2D eigenvalue weighted by atomic mass is 10.0. The van der Waals surface area contributed by atoms with Crippen LogP contribution in [-0.4, -0.2) is 19.7 Å². The summed E-state index contributed by atoms with van der Waals surface area (Å²) in [6.07, 6.45) is 1.55. The van der Waals surface area contributed by atoms with Gasteiger partial charge >= 0.3 is 0 Å². The van der Waals surface area contributed by atoms with Crippen LogP contribution in [-0.2, 0) is 7.05 Å². The van der Waals surface area contributed by atoms with Crippen molar-refractivity contribution in [2.75, 3.05) is 0 Å². The summed E-state index contributed by atoms with van der Waals surface area (Å²) in [4.78, 5) is 4.35. The summed E-state index contributed by atoms with van der Waals surface area (Å²) < 4.78 is 1.73. The second-order valence-electron chi connectivity index (χ2n) is 5.45. The number of benzene rings is 2. The second-order valence-corrected chi connectivity index (χ2v) is 5.45. The molecule has 0 N–H and O–H groups in total. The standard InChI is InChI=1S/C19H13N5/c1-24-14(11-20)12-21-19(24)18-16-10-6-5-9-15(16)17(22-23-18)13-7-3-2-4-8-13/h2-10,12H,1H3. The van der Waals surface area contributed by atoms with Crippen molar-refractivity contribution in [3.8, 4) is 28.8 Å². The Labute approximate surface area is 138 Å². The van der Waals surface area contributed by atoms with Crippen molar-refractivity contribution in [2.45, 2.75) is 0 Å². The van der Waals surface area contributed by atoms with Crippen LogP contribution < -0.4 is 0 Å². The average Bonchev–Trinajstić information content (AvgIpc) is 3.02. The summed E-state index contributed by atoms with van der Waals surface area (Å²) in [5.41, 5.74) is 3.02. The third-order valence-corrected chi connectivity index (χ3v) is 4.05. The van der Waals surface area contributed by atoms with Gasteiger partial charge in [-0.3, -0.25) is 0 Å². The highest BCUT2D eigenvalue weighted by Crippen LogP contribution is 2.31. The molecule has 2 heterocycles. The number of nitriles is 1. The fourth-order valence-electron chi connectivity index (χ4n) is 2.81. The molecule has 0 bridgehead atoms. The Hall–Kier alpha value is -3.52. The minimum atomic E-state index is 0.489. The highest BCUT2D eigenvalue weighted by Gasteiger charge is 2.16. The first-order valence-electron chi connectivity index (χ1n) is 7.52. The molecule has 0 aliphatic rings. The summed E-state index contributed by atoms with van der Waals surface area (Å²) in [5.74, 6) is 0.634. The number of rotatable bonds is 2. The van der Waals surface area contributed by atoms with Gasteiger partial charge in [0.2, 0.25) is 0 Å². The van der Waals surface area contributed by atoms with Gasteiger partial charge in [-0.1, -0.05) is 54.6 Å². The third kappa shape index (κ3) is 2.13. The molecule has 0 atom stereocenters. The Morgan fingerprint density at radius 1 is 0.875 bits per heavy atom. The van der Waals surface area contributed by atoms with Crippen molar-refractivity contribution in [3.63, 3.8) is 0 Å². The van der Waals surface area contributed by atoms with E-state index in [2.05, 4.69) is 21.3 Å². The minimum Gasteiger partial charge on any atom is -0.318 e. The molecule has 4 aromatic rings. The van der Waals surface area contributed by atoms with Gasteiger partial charge in [-0.2, -0.15) is 5.26 Å². The summed E-state index contributed by atoms with van der Waals surface area (Å²) in [6.45, 7) is 0. The highest BCUT2D eigenvalue weighted by molar-refractivity contribution is 6.00. The molecule has 5 nitrogen and oxygen atoms in total. The van der Waals surface area contributed by atoms with E-state index in [1.165, 1.54) is 0 Å². The smallest absolute Gasteiger partial charge is 0.161 e. The molecular formula is C19H13N5. The number of fused-ring (bicyclic) bond motifs is 1. The van der Waals surface area contributed by atoms with Crippen LogP contribution in [0.2, 0.25) is 0 Å². The number of aromatic nitrogens is 4. The van der Waals surface area contributed by atoms with E-state index >= 15 is 0 Å². The van der Waals surface area contributed by atoms with E-state index in [1.54, 1.807) is 10.8 Å². The van der Waals surface area contributed by atoms with Crippen LogP contribution >= 0.6 is 0 Å². The summed E-state index contributed by atoms with van der Waals surface area (Å²) in [5, 5.41) is 20.0. The first-order chi connectivity index (χ1) is 11.8. The number of imidazole rings is 1. The monoisotopic (exact) mass is 311 g/mol. The van der Waals surface area contributed by atoms with Crippen molar-refractivity contribution in [1.82, 2.24) is 19.7 Å². The first-order valence-corrected chi connectivity index (χ1v) is 7.52. The Morgan fingerprint density at radius 2 is 1.50 bits per heavy atom. The van der Waals surface area contributed by atoms with Gasteiger partial charge in [-0.25, -0.2) is 4.98 Å². The van der Waals surface area contributed by atoms with Crippen LogP contribution in [0.5, 0.6) is 0 Å². The molecule has 2 aromatic heterocycles. The maximum Gasteiger partial charge on any atom is 0.161 e. The maximum atomic E-state index is 9.14. The molecule has 0 unspecified atom stereocenters. The average molecular weight is 311 g/mol. The lowest BCUT2D eigenvalue weighted by Gasteiger charge is -2.09. The predicted octanol–water partition coefficient (Wildman–Crippen LogP) is 3.57. The largest absolute Gasteiger partial charge is 0.318 e. The minimum absolute atomic E-state index is 0.489. The zero-order valence-electron chi connectivity index (χ0n) is 13.0. The Balaban J connectivity index is 2.00. The van der Waals surface area contributed by atoms with Gasteiger partial charge in [0.05, 0.1) is 6.20 Å². The van der Waals surface area contributed by atoms with E-state index in [0.29, 0.717) is 17.2 Å². The van der Waals surface area contributed by atoms with E-state index in [-0.39, 0.29) is 0 Å². The van der Waals surface area contributed by atoms with Gasteiger partial charge in [0, 0.05) is 23.4 Å². The number of hydrogen-bond acceptors (Lipinski definition) is 4. The van der Waals surface area contributed by atoms with Gasteiger partial charge in [0.1, 0.15) is 23.2 Å². The van der Waals surface area contributed by atoms with E-state index in [0.717, 1.165) is 22.0 Å². The summed E-state index contributed by atoms with van der Waals surface area (Å²) in [6, 6.07) is 20.1. The molecule has 2 aromatic carbocycles. The molecule has 0 aliphatic carbocycles. The van der Waals surface area contributed by atoms with Crippen LogP contribution in [0.15, 0.2) is 60.8 Å². The molecule has 0 spiro atoms. The number of nitrogens with zero attached hydrogens (tertiary/aromatic N) is 5. The van der Waals surface area contributed by atoms with Gasteiger partial charge in [0.15, 0.2) is 5.82 Å². The van der Waals surface area contributed by atoms with Crippen molar-refractivity contribution >= 4 is 10.8 Å². The SMILES string of the molecule is Cn1c(C#N)cnc1-c1nnc(-c2ccccc2)c2ccccc12. The molecule has 0 aliphatic heterocycles. The van der Waals surface area contributed by atoms with E-state index < -0.39 is 0 Å². The summed E-state index contributed by atoms with van der Waals surface area (Å²) >= 11 is 0. The van der Waals surface area contributed by atoms with Crippen molar-refractivity contribution in [2.24, 2.45) is 7.05 Å². The second kappa shape index (κ2) is 5.60. The van der Waals surface area contributed by atoms with Crippen LogP contribution in [0, 0.1) is 11.3 Å². The van der Waals surface area contributed by atoms with Gasteiger partial charge < -0.3 is 4.57 Å². The fourth-order valence-corrected chi connectivity index (χ4v) is 2.81. The van der Waals surface area contributed by atoms with Crippen molar-refractivity contribution < 1.29 is 0 Å². The molecule has 0 fully saturated rings. The molecular weight excluding hydrogens is 298 g/mol. The molecule has 0 amide bonds. The van der Waals surface area contributed by atoms with Crippen LogP contribution in [0.25, 0.3) is 33.5 Å². The molecule has 0 saturated carbocycles. The van der Waals surface area contributed by atoms with Gasteiger partial charge in [-0.15, -0.1) is 10.2 Å². The van der Waals surface area contributed by atoms with Crippen molar-refractivity contribution in [1.29, 1.82) is 5.26 Å². The van der Waals surface area contributed by atoms with Gasteiger partial charge in [-0.05, 0) is 0 Å². The Kier molecular flexibility index (Phi) is 3.29. The molecule has 0 saturated heterocycles. The highest BCUT2D eigenvalue weighted by atomic mass is 15.2. The zero-order chi connectivity index (χ0) is 16.5. The Morgan fingerprint density at radius 3 is 2.17 bits per heavy atom. The lowest BCUT2D eigenvalue weighted by molar-refractivity contribution is 0.894. The summed E-state index contributed by atoms with van der Waals surface area (Å²) in [7, 11) is 1.81. The third-order valence-electron chi connectivity index (χ3n) is 4.05. The van der Waals surface area contributed by atoms with Crippen molar-refractivity contribution in [3.05, 3.63) is 66.5 Å². The van der Waals surface area contributed by atoms with Gasteiger partial charge in [0.25, 0.3) is 0 Å². The van der Waals surface area contributed by atoms with E-state index in [9.17, 15) is 0 Å². The quantitative estimate of drug-likeness (QED) is 0.567. The van der Waals surface area contributed by atoms with Crippen LogP contribution in [0.4, 0.5) is 0 Å². The molecule has 24 heavy (non-hydrogen) atoms. The normalized spacial score (nSPS) is 10.7. The predicted molar refractivity (Wildman–Crippen MR) is 91.9 cm³/mol. The topological polar surface area (TPSA) is 67.4 Å². The zero-order valence-corrected chi connectivity index (χ0v) is 13.0. The Bertz CT molecular complexity index is 1070. The first kappa shape index (κ1) is 14.1. The number of hydrogen-bond donors (Lipinski definition) is 0. The van der Waals surface area contributed by atoms with Crippen LogP contribution in [0.3, 0.4) is 0 Å². The molecule has 5 heteroatoms. The molecule has 114 valence electrons.